The molecule has 0 fully saturated rings. The van der Waals surface area contributed by atoms with Gasteiger partial charge < -0.3 is 15.3 Å². The molecule has 176 valence electrons. The highest BCUT2D eigenvalue weighted by Gasteiger charge is 2.59. The first kappa shape index (κ1) is 24.9. The summed E-state index contributed by atoms with van der Waals surface area (Å²) in [6.07, 6.45) is -4.98. The molecule has 1 unspecified atom stereocenters. The minimum Gasteiger partial charge on any atom is -0.496 e. The van der Waals surface area contributed by atoms with E-state index >= 15 is 0 Å². The van der Waals surface area contributed by atoms with Gasteiger partial charge >= 0.3 is 6.18 Å². The molecule has 1 heterocycles. The van der Waals surface area contributed by atoms with Crippen molar-refractivity contribution in [3.05, 3.63) is 64.3 Å². The second-order valence-corrected chi connectivity index (χ2v) is 8.85. The predicted molar refractivity (Wildman–Crippen MR) is 118 cm³/mol. The van der Waals surface area contributed by atoms with Crippen molar-refractivity contribution in [3.63, 3.8) is 0 Å². The fraction of sp³-hybridized carbons (Fsp3) is 0.348. The normalized spacial score (nSPS) is 14.2. The molecule has 0 aliphatic rings. The summed E-state index contributed by atoms with van der Waals surface area (Å²) in [5, 5.41) is 19.7. The smallest absolute Gasteiger partial charge is 0.423 e. The first-order valence-electron chi connectivity index (χ1n) is 9.85. The van der Waals surface area contributed by atoms with Crippen LogP contribution in [-0.2, 0) is 5.41 Å². The number of hydrogen-bond acceptors (Lipinski definition) is 5. The van der Waals surface area contributed by atoms with Crippen molar-refractivity contribution >= 4 is 28.2 Å². The number of fused-ring (bicyclic) bond motifs is 1. The number of alkyl halides is 3. The van der Waals surface area contributed by atoms with Crippen LogP contribution in [0.4, 0.5) is 17.6 Å². The fourth-order valence-electron chi connectivity index (χ4n) is 3.90. The Morgan fingerprint density at radius 2 is 1.85 bits per heavy atom. The molecule has 0 amide bonds. The van der Waals surface area contributed by atoms with E-state index in [1.165, 1.54) is 46.1 Å². The van der Waals surface area contributed by atoms with Gasteiger partial charge in [-0.1, -0.05) is 31.5 Å². The number of rotatable bonds is 6. The molecule has 1 aromatic heterocycles. The van der Waals surface area contributed by atoms with Gasteiger partial charge in [0.15, 0.2) is 0 Å². The van der Waals surface area contributed by atoms with Gasteiger partial charge in [-0.05, 0) is 42.2 Å². The second kappa shape index (κ2) is 8.53. The quantitative estimate of drug-likeness (QED) is 0.344. The minimum atomic E-state index is -5.22. The summed E-state index contributed by atoms with van der Waals surface area (Å²) in [5.41, 5.74) is -6.19. The summed E-state index contributed by atoms with van der Waals surface area (Å²) in [6, 6.07) is 6.43. The molecule has 2 aromatic carbocycles. The lowest BCUT2D eigenvalue weighted by Crippen LogP contribution is -2.55. The summed E-state index contributed by atoms with van der Waals surface area (Å²) < 4.78 is 62.5. The number of aryl methyl sites for hydroxylation is 1. The summed E-state index contributed by atoms with van der Waals surface area (Å²) in [4.78, 5) is 7.86. The number of hydrogen-bond donors (Lipinski definition) is 2. The molecule has 10 heteroatoms. The summed E-state index contributed by atoms with van der Waals surface area (Å²) >= 11 is 5.98. The Hall–Kier alpha value is -2.78. The highest BCUT2D eigenvalue weighted by Crippen LogP contribution is 2.45. The van der Waals surface area contributed by atoms with Crippen LogP contribution in [0.25, 0.3) is 10.9 Å². The molecule has 2 N–H and O–H groups in total. The molecule has 3 aromatic rings. The van der Waals surface area contributed by atoms with E-state index in [1.807, 2.05) is 0 Å². The van der Waals surface area contributed by atoms with E-state index in [9.17, 15) is 22.7 Å². The number of benzene rings is 2. The zero-order valence-electron chi connectivity index (χ0n) is 18.3. The van der Waals surface area contributed by atoms with E-state index in [0.717, 1.165) is 18.3 Å². The number of methoxy groups -OCH3 is 1. The van der Waals surface area contributed by atoms with Crippen LogP contribution in [0.2, 0.25) is 5.02 Å². The van der Waals surface area contributed by atoms with Gasteiger partial charge in [0.25, 0.3) is 0 Å². The molecule has 0 aliphatic heterocycles. The number of aliphatic hydroxyl groups is 1. The van der Waals surface area contributed by atoms with Gasteiger partial charge in [0.1, 0.15) is 22.9 Å². The number of aromatic nitrogens is 2. The maximum absolute atomic E-state index is 14.3. The first-order chi connectivity index (χ1) is 15.2. The topological polar surface area (TPSA) is 79.1 Å². The lowest BCUT2D eigenvalue weighted by Gasteiger charge is -2.39. The third-order valence-corrected chi connectivity index (χ3v) is 5.80. The largest absolute Gasteiger partial charge is 0.496 e. The molecular formula is C23H22ClF4N3O2. The molecule has 0 bridgehead atoms. The molecule has 1 atom stereocenters. The van der Waals surface area contributed by atoms with Crippen LogP contribution in [0.1, 0.15) is 37.2 Å². The molecule has 0 spiro atoms. The minimum absolute atomic E-state index is 0.102. The van der Waals surface area contributed by atoms with Crippen LogP contribution in [-0.4, -0.2) is 39.7 Å². The third kappa shape index (κ3) is 4.52. The average Bonchev–Trinajstić information content (AvgIpc) is 2.72. The van der Waals surface area contributed by atoms with Gasteiger partial charge in [0, 0.05) is 28.6 Å². The van der Waals surface area contributed by atoms with E-state index in [0.29, 0.717) is 10.6 Å². The highest BCUT2D eigenvalue weighted by atomic mass is 35.5. The third-order valence-electron chi connectivity index (χ3n) is 5.56. The van der Waals surface area contributed by atoms with Gasteiger partial charge in [-0.3, -0.25) is 0 Å². The Kier molecular flexibility index (Phi) is 6.43. The maximum atomic E-state index is 14.3. The Morgan fingerprint density at radius 1 is 1.18 bits per heavy atom. The lowest BCUT2D eigenvalue weighted by atomic mass is 9.72. The molecule has 0 radical (unpaired) electrons. The van der Waals surface area contributed by atoms with Gasteiger partial charge in [0.05, 0.1) is 12.8 Å². The van der Waals surface area contributed by atoms with E-state index in [-0.39, 0.29) is 28.0 Å². The molecule has 33 heavy (non-hydrogen) atoms. The Bertz CT molecular complexity index is 1230. The SMILES string of the molecule is COc1cc(Cl)ccc1C(C)(C)CC(O)(C(=N)c1ccc(F)c2nc(C)ncc12)C(F)(F)F. The average molecular weight is 484 g/mol. The van der Waals surface area contributed by atoms with Crippen molar-refractivity contribution < 1.29 is 27.4 Å². The van der Waals surface area contributed by atoms with Gasteiger partial charge in [-0.25, -0.2) is 14.4 Å². The number of nitrogens with one attached hydrogen (secondary N) is 1. The fourth-order valence-corrected chi connectivity index (χ4v) is 4.07. The number of halogens is 5. The van der Waals surface area contributed by atoms with E-state index in [1.54, 1.807) is 0 Å². The summed E-state index contributed by atoms with van der Waals surface area (Å²) in [5.74, 6) is -0.305. The first-order valence-corrected chi connectivity index (χ1v) is 10.2. The predicted octanol–water partition coefficient (Wildman–Crippen LogP) is 5.77. The number of ether oxygens (including phenoxy) is 1. The Labute approximate surface area is 192 Å². The van der Waals surface area contributed by atoms with Crippen LogP contribution in [0.15, 0.2) is 36.5 Å². The zero-order chi connectivity index (χ0) is 24.8. The van der Waals surface area contributed by atoms with Crippen molar-refractivity contribution in [2.24, 2.45) is 0 Å². The maximum Gasteiger partial charge on any atom is 0.423 e. The molecule has 0 saturated carbocycles. The summed E-state index contributed by atoms with van der Waals surface area (Å²) in [7, 11) is 1.36. The van der Waals surface area contributed by atoms with Crippen molar-refractivity contribution in [2.75, 3.05) is 7.11 Å². The van der Waals surface area contributed by atoms with Crippen molar-refractivity contribution in [3.8, 4) is 5.75 Å². The van der Waals surface area contributed by atoms with Crippen LogP contribution in [0.5, 0.6) is 5.75 Å². The van der Waals surface area contributed by atoms with Crippen LogP contribution in [0.3, 0.4) is 0 Å². The monoisotopic (exact) mass is 483 g/mol. The standard InChI is InChI=1S/C23H22ClF4N3O2/c1-12-30-10-15-14(6-8-17(25)19(15)31-12)20(29)22(32,23(26,27)28)11-21(2,3)16-7-5-13(24)9-18(16)33-4/h5-10,29,32H,11H2,1-4H3. The summed E-state index contributed by atoms with van der Waals surface area (Å²) in [6.45, 7) is 4.50. The highest BCUT2D eigenvalue weighted by molar-refractivity contribution is 6.30. The van der Waals surface area contributed by atoms with Gasteiger partial charge in [-0.15, -0.1) is 0 Å². The van der Waals surface area contributed by atoms with Crippen LogP contribution >= 0.6 is 11.6 Å². The zero-order valence-corrected chi connectivity index (χ0v) is 19.1. The Balaban J connectivity index is 2.16. The second-order valence-electron chi connectivity index (χ2n) is 8.41. The molecular weight excluding hydrogens is 462 g/mol. The molecule has 0 saturated heterocycles. The number of nitrogens with zero attached hydrogens (tertiary/aromatic N) is 2. The lowest BCUT2D eigenvalue weighted by molar-refractivity contribution is -0.236. The van der Waals surface area contributed by atoms with Gasteiger partial charge in [0.2, 0.25) is 5.60 Å². The van der Waals surface area contributed by atoms with Crippen LogP contribution in [0, 0.1) is 18.2 Å². The van der Waals surface area contributed by atoms with Crippen molar-refractivity contribution in [1.82, 2.24) is 9.97 Å². The molecule has 0 aliphatic carbocycles. The Morgan fingerprint density at radius 3 is 2.45 bits per heavy atom. The van der Waals surface area contributed by atoms with E-state index in [4.69, 9.17) is 21.7 Å². The van der Waals surface area contributed by atoms with Crippen molar-refractivity contribution in [1.29, 1.82) is 5.41 Å². The van der Waals surface area contributed by atoms with Crippen LogP contribution < -0.4 is 4.74 Å². The molecule has 3 rings (SSSR count). The van der Waals surface area contributed by atoms with E-state index < -0.39 is 35.1 Å². The van der Waals surface area contributed by atoms with Crippen molar-refractivity contribution in [2.45, 2.75) is 44.4 Å². The molecule has 5 nitrogen and oxygen atoms in total. The van der Waals surface area contributed by atoms with E-state index in [2.05, 4.69) is 9.97 Å². The van der Waals surface area contributed by atoms with Gasteiger partial charge in [-0.2, -0.15) is 13.2 Å².